The Labute approximate surface area is 126 Å². The highest BCUT2D eigenvalue weighted by atomic mass is 19.1. The van der Waals surface area contributed by atoms with Crippen LogP contribution in [0.3, 0.4) is 0 Å². The van der Waals surface area contributed by atoms with Crippen molar-refractivity contribution in [2.24, 2.45) is 11.8 Å². The summed E-state index contributed by atoms with van der Waals surface area (Å²) >= 11 is 0. The van der Waals surface area contributed by atoms with Crippen LogP contribution < -0.4 is 10.2 Å². The second kappa shape index (κ2) is 6.73. The molecule has 118 valence electrons. The maximum Gasteiger partial charge on any atom is 0.149 e. The van der Waals surface area contributed by atoms with Gasteiger partial charge in [0.15, 0.2) is 0 Å². The topological polar surface area (TPSA) is 15.3 Å². The molecule has 0 bridgehead atoms. The van der Waals surface area contributed by atoms with Crippen LogP contribution in [-0.2, 0) is 6.54 Å². The maximum absolute atomic E-state index is 14.3. The zero-order valence-corrected chi connectivity index (χ0v) is 13.4. The van der Waals surface area contributed by atoms with Gasteiger partial charge in [-0.25, -0.2) is 8.78 Å². The van der Waals surface area contributed by atoms with Gasteiger partial charge in [-0.3, -0.25) is 0 Å². The molecule has 21 heavy (non-hydrogen) atoms. The molecule has 1 aliphatic rings. The van der Waals surface area contributed by atoms with Gasteiger partial charge in [0.25, 0.3) is 0 Å². The number of benzene rings is 1. The zero-order chi connectivity index (χ0) is 15.6. The van der Waals surface area contributed by atoms with Gasteiger partial charge < -0.3 is 10.2 Å². The van der Waals surface area contributed by atoms with Gasteiger partial charge in [-0.05, 0) is 55.8 Å². The van der Waals surface area contributed by atoms with Crippen molar-refractivity contribution in [3.63, 3.8) is 0 Å². The van der Waals surface area contributed by atoms with Gasteiger partial charge in [0, 0.05) is 19.6 Å². The molecule has 1 N–H and O–H groups in total. The van der Waals surface area contributed by atoms with Crippen molar-refractivity contribution in [3.05, 3.63) is 29.3 Å². The molecule has 1 aromatic carbocycles. The first-order chi connectivity index (χ1) is 9.90. The van der Waals surface area contributed by atoms with E-state index in [4.69, 9.17) is 0 Å². The van der Waals surface area contributed by atoms with Crippen molar-refractivity contribution in [1.82, 2.24) is 5.32 Å². The lowest BCUT2D eigenvalue weighted by atomic mass is 10.1. The fraction of sp³-hybridized carbons (Fsp3) is 0.647. The van der Waals surface area contributed by atoms with Crippen molar-refractivity contribution < 1.29 is 8.78 Å². The minimum absolute atomic E-state index is 0.0991. The van der Waals surface area contributed by atoms with E-state index in [1.165, 1.54) is 12.1 Å². The molecule has 1 unspecified atom stereocenters. The highest BCUT2D eigenvalue weighted by Crippen LogP contribution is 2.37. The summed E-state index contributed by atoms with van der Waals surface area (Å²) < 4.78 is 28.6. The summed E-state index contributed by atoms with van der Waals surface area (Å²) in [7, 11) is 1.78. The van der Waals surface area contributed by atoms with Crippen molar-refractivity contribution in [3.8, 4) is 0 Å². The third-order valence-corrected chi connectivity index (χ3v) is 4.23. The first-order valence-electron chi connectivity index (χ1n) is 7.81. The van der Waals surface area contributed by atoms with E-state index in [0.29, 0.717) is 23.9 Å². The summed E-state index contributed by atoms with van der Waals surface area (Å²) in [6, 6.07) is 3.07. The summed E-state index contributed by atoms with van der Waals surface area (Å²) in [5.41, 5.74) is 0.754. The van der Waals surface area contributed by atoms with Crippen LogP contribution in [0.5, 0.6) is 0 Å². The second-order valence-electron chi connectivity index (χ2n) is 6.62. The van der Waals surface area contributed by atoms with Crippen LogP contribution in [0.25, 0.3) is 0 Å². The SMILES string of the molecule is CC(C)CNCc1cc(F)c(N(C)C(C)C2CC2)c(F)c1. The summed E-state index contributed by atoms with van der Waals surface area (Å²) in [5.74, 6) is 0.156. The summed E-state index contributed by atoms with van der Waals surface area (Å²) in [6.45, 7) is 7.57. The number of nitrogens with zero attached hydrogens (tertiary/aromatic N) is 1. The number of nitrogens with one attached hydrogen (secondary N) is 1. The standard InChI is InChI=1S/C17H26F2N2/c1-11(2)9-20-10-13-7-15(18)17(16(19)8-13)21(4)12(3)14-5-6-14/h7-8,11-12,14,20H,5-6,9-10H2,1-4H3. The minimum atomic E-state index is -0.466. The van der Waals surface area contributed by atoms with Gasteiger partial charge in [0.1, 0.15) is 17.3 Å². The first kappa shape index (κ1) is 16.2. The molecule has 2 rings (SSSR count). The van der Waals surface area contributed by atoms with Gasteiger partial charge in [-0.1, -0.05) is 13.8 Å². The molecule has 0 aromatic heterocycles. The average Bonchev–Trinajstić information content (AvgIpc) is 3.20. The van der Waals surface area contributed by atoms with Gasteiger partial charge in [0.2, 0.25) is 0 Å². The molecule has 0 spiro atoms. The van der Waals surface area contributed by atoms with Crippen LogP contribution in [0.4, 0.5) is 14.5 Å². The van der Waals surface area contributed by atoms with Crippen LogP contribution in [0, 0.1) is 23.5 Å². The number of hydrogen-bond donors (Lipinski definition) is 1. The molecule has 1 atom stereocenters. The maximum atomic E-state index is 14.3. The van der Waals surface area contributed by atoms with Crippen molar-refractivity contribution in [1.29, 1.82) is 0 Å². The largest absolute Gasteiger partial charge is 0.367 e. The van der Waals surface area contributed by atoms with E-state index in [0.717, 1.165) is 19.4 Å². The average molecular weight is 296 g/mol. The zero-order valence-electron chi connectivity index (χ0n) is 13.4. The molecule has 2 nitrogen and oxygen atoms in total. The molecule has 4 heteroatoms. The van der Waals surface area contributed by atoms with E-state index in [1.807, 2.05) is 6.92 Å². The molecule has 1 saturated carbocycles. The van der Waals surface area contributed by atoms with Crippen LogP contribution in [0.2, 0.25) is 0 Å². The predicted molar refractivity (Wildman–Crippen MR) is 83.5 cm³/mol. The summed E-state index contributed by atoms with van der Waals surface area (Å²) in [6.07, 6.45) is 2.32. The Morgan fingerprint density at radius 2 is 1.76 bits per heavy atom. The molecule has 0 aliphatic heterocycles. The Kier molecular flexibility index (Phi) is 5.20. The summed E-state index contributed by atoms with van der Waals surface area (Å²) in [5, 5.41) is 3.21. The smallest absolute Gasteiger partial charge is 0.149 e. The molecule has 0 amide bonds. The fourth-order valence-electron chi connectivity index (χ4n) is 2.66. The Hall–Kier alpha value is -1.16. The van der Waals surface area contributed by atoms with E-state index in [-0.39, 0.29) is 11.7 Å². The third kappa shape index (κ3) is 4.16. The molecular formula is C17H26F2N2. The van der Waals surface area contributed by atoms with Crippen LogP contribution >= 0.6 is 0 Å². The van der Waals surface area contributed by atoms with Crippen LogP contribution in [0.1, 0.15) is 39.2 Å². The third-order valence-electron chi connectivity index (χ3n) is 4.23. The number of hydrogen-bond acceptors (Lipinski definition) is 2. The Morgan fingerprint density at radius 1 is 1.19 bits per heavy atom. The van der Waals surface area contributed by atoms with Gasteiger partial charge >= 0.3 is 0 Å². The predicted octanol–water partition coefficient (Wildman–Crippen LogP) is 3.95. The Bertz CT molecular complexity index is 461. The lowest BCUT2D eigenvalue weighted by Crippen LogP contribution is -2.32. The fourth-order valence-corrected chi connectivity index (χ4v) is 2.66. The molecule has 0 radical (unpaired) electrons. The molecule has 1 aliphatic carbocycles. The van der Waals surface area contributed by atoms with Crippen molar-refractivity contribution in [2.75, 3.05) is 18.5 Å². The van der Waals surface area contributed by atoms with Crippen molar-refractivity contribution in [2.45, 2.75) is 46.2 Å². The Morgan fingerprint density at radius 3 is 2.24 bits per heavy atom. The summed E-state index contributed by atoms with van der Waals surface area (Å²) in [4.78, 5) is 1.74. The first-order valence-corrected chi connectivity index (χ1v) is 7.81. The highest BCUT2D eigenvalue weighted by molar-refractivity contribution is 5.51. The van der Waals surface area contributed by atoms with Gasteiger partial charge in [-0.2, -0.15) is 0 Å². The monoisotopic (exact) mass is 296 g/mol. The van der Waals surface area contributed by atoms with Crippen molar-refractivity contribution >= 4 is 5.69 Å². The quantitative estimate of drug-likeness (QED) is 0.819. The van der Waals surface area contributed by atoms with E-state index in [1.54, 1.807) is 11.9 Å². The normalized spacial score (nSPS) is 16.3. The molecule has 1 aromatic rings. The van der Waals surface area contributed by atoms with Gasteiger partial charge in [0.05, 0.1) is 0 Å². The number of rotatable bonds is 7. The van der Waals surface area contributed by atoms with E-state index >= 15 is 0 Å². The highest BCUT2D eigenvalue weighted by Gasteiger charge is 2.32. The molecule has 0 saturated heterocycles. The number of anilines is 1. The lowest BCUT2D eigenvalue weighted by molar-refractivity contribution is 0.531. The Balaban J connectivity index is 2.09. The minimum Gasteiger partial charge on any atom is -0.367 e. The molecular weight excluding hydrogens is 270 g/mol. The molecule has 1 fully saturated rings. The second-order valence-corrected chi connectivity index (χ2v) is 6.62. The van der Waals surface area contributed by atoms with Crippen LogP contribution in [-0.4, -0.2) is 19.6 Å². The lowest BCUT2D eigenvalue weighted by Gasteiger charge is -2.28. The molecule has 0 heterocycles. The number of halogens is 2. The van der Waals surface area contributed by atoms with E-state index < -0.39 is 11.6 Å². The van der Waals surface area contributed by atoms with Gasteiger partial charge in [-0.15, -0.1) is 0 Å². The van der Waals surface area contributed by atoms with Crippen LogP contribution in [0.15, 0.2) is 12.1 Å². The van der Waals surface area contributed by atoms with E-state index in [2.05, 4.69) is 19.2 Å². The van der Waals surface area contributed by atoms with E-state index in [9.17, 15) is 8.78 Å².